The molecule has 1 aromatic carbocycles. The molecule has 5 rings (SSSR count). The number of hydrogen-bond donors (Lipinski definition) is 3. The standard InChI is InChI=1S/C27H31N7O3/c1-3-22(35)33-13-4-5-19(16-33)26-32-23(24-25(28)30-12-14-34(24)26)17-6-8-18(9-7-17)27(36)31-21-15-20(37-2)10-11-29-21/h6-12,14-15,19,22,35H,3-5,13,16H2,1-2H3,(H2,28,30)(H,29,31,36)/t19-,22?/m1/s1. The number of piperidine rings is 1. The molecule has 4 heterocycles. The summed E-state index contributed by atoms with van der Waals surface area (Å²) in [4.78, 5) is 28.4. The molecular weight excluding hydrogens is 470 g/mol. The van der Waals surface area contributed by atoms with Gasteiger partial charge in [-0.05, 0) is 37.5 Å². The number of nitrogens with zero attached hydrogens (tertiary/aromatic N) is 5. The predicted molar refractivity (Wildman–Crippen MR) is 141 cm³/mol. The zero-order valence-electron chi connectivity index (χ0n) is 21.0. The van der Waals surface area contributed by atoms with Crippen LogP contribution in [0.2, 0.25) is 0 Å². The number of carbonyl (C=O) groups excluding carboxylic acids is 1. The van der Waals surface area contributed by atoms with Crippen molar-refractivity contribution in [2.24, 2.45) is 0 Å². The first kappa shape index (κ1) is 24.7. The average molecular weight is 502 g/mol. The number of hydrogen-bond acceptors (Lipinski definition) is 8. The largest absolute Gasteiger partial charge is 0.497 e. The first-order valence-electron chi connectivity index (χ1n) is 12.4. The van der Waals surface area contributed by atoms with Gasteiger partial charge < -0.3 is 20.9 Å². The summed E-state index contributed by atoms with van der Waals surface area (Å²) in [5.74, 6) is 2.19. The number of amides is 1. The number of nitrogens with one attached hydrogen (secondary N) is 1. The van der Waals surface area contributed by atoms with Gasteiger partial charge in [0.1, 0.15) is 40.6 Å². The summed E-state index contributed by atoms with van der Waals surface area (Å²) in [6.45, 7) is 3.59. The summed E-state index contributed by atoms with van der Waals surface area (Å²) in [7, 11) is 1.56. The van der Waals surface area contributed by atoms with Gasteiger partial charge in [-0.2, -0.15) is 0 Å². The van der Waals surface area contributed by atoms with Crippen LogP contribution in [0.15, 0.2) is 55.0 Å². The van der Waals surface area contributed by atoms with Crippen molar-refractivity contribution >= 4 is 23.1 Å². The third-order valence-electron chi connectivity index (χ3n) is 6.84. The van der Waals surface area contributed by atoms with Crippen LogP contribution >= 0.6 is 0 Å². The molecule has 0 spiro atoms. The van der Waals surface area contributed by atoms with E-state index < -0.39 is 6.23 Å². The molecule has 0 bridgehead atoms. The Morgan fingerprint density at radius 3 is 2.81 bits per heavy atom. The summed E-state index contributed by atoms with van der Waals surface area (Å²) < 4.78 is 7.20. The van der Waals surface area contributed by atoms with Crippen LogP contribution in [0, 0.1) is 0 Å². The fraction of sp³-hybridized carbons (Fsp3) is 0.333. The number of aromatic nitrogens is 4. The third-order valence-corrected chi connectivity index (χ3v) is 6.84. The molecule has 0 aliphatic carbocycles. The van der Waals surface area contributed by atoms with Crippen LogP contribution in [0.3, 0.4) is 0 Å². The molecule has 1 aliphatic rings. The van der Waals surface area contributed by atoms with Gasteiger partial charge in [-0.15, -0.1) is 0 Å². The molecule has 37 heavy (non-hydrogen) atoms. The van der Waals surface area contributed by atoms with E-state index in [1.54, 1.807) is 43.8 Å². The first-order valence-corrected chi connectivity index (χ1v) is 12.4. The number of methoxy groups -OCH3 is 1. The number of pyridine rings is 1. The Morgan fingerprint density at radius 1 is 1.24 bits per heavy atom. The summed E-state index contributed by atoms with van der Waals surface area (Å²) in [6, 6.07) is 10.6. The van der Waals surface area contributed by atoms with Crippen molar-refractivity contribution < 1.29 is 14.6 Å². The molecular formula is C27H31N7O3. The number of nitrogen functional groups attached to an aromatic ring is 1. The number of anilines is 2. The molecule has 0 radical (unpaired) electrons. The lowest BCUT2D eigenvalue weighted by Crippen LogP contribution is -2.42. The second-order valence-electron chi connectivity index (χ2n) is 9.19. The fourth-order valence-electron chi connectivity index (χ4n) is 4.90. The topological polar surface area (TPSA) is 131 Å². The number of benzene rings is 1. The Labute approximate surface area is 215 Å². The maximum Gasteiger partial charge on any atom is 0.256 e. The van der Waals surface area contributed by atoms with E-state index in [1.807, 2.05) is 29.7 Å². The number of fused-ring (bicyclic) bond motifs is 1. The molecule has 4 N–H and O–H groups in total. The summed E-state index contributed by atoms with van der Waals surface area (Å²) in [5, 5.41) is 13.2. The molecule has 10 heteroatoms. The minimum atomic E-state index is -0.453. The zero-order chi connectivity index (χ0) is 25.9. The van der Waals surface area contributed by atoms with Gasteiger partial charge in [-0.3, -0.25) is 14.1 Å². The predicted octanol–water partition coefficient (Wildman–Crippen LogP) is 3.54. The third kappa shape index (κ3) is 4.98. The highest BCUT2D eigenvalue weighted by atomic mass is 16.5. The molecule has 3 aromatic heterocycles. The van der Waals surface area contributed by atoms with Crippen molar-refractivity contribution in [3.8, 4) is 17.0 Å². The molecule has 1 aliphatic heterocycles. The van der Waals surface area contributed by atoms with Crippen molar-refractivity contribution in [3.05, 3.63) is 66.4 Å². The van der Waals surface area contributed by atoms with Crippen LogP contribution < -0.4 is 15.8 Å². The Kier molecular flexibility index (Phi) is 7.02. The van der Waals surface area contributed by atoms with Gasteiger partial charge in [0.2, 0.25) is 0 Å². The Hall–Kier alpha value is -4.02. The average Bonchev–Trinajstić information content (AvgIpc) is 3.34. The first-order chi connectivity index (χ1) is 18.0. The minimum absolute atomic E-state index is 0.151. The number of aliphatic hydroxyl groups is 1. The number of nitrogens with two attached hydrogens (primary N) is 1. The Balaban J connectivity index is 1.44. The minimum Gasteiger partial charge on any atom is -0.497 e. The molecule has 4 aromatic rings. The van der Waals surface area contributed by atoms with Gasteiger partial charge >= 0.3 is 0 Å². The second kappa shape index (κ2) is 10.5. The summed E-state index contributed by atoms with van der Waals surface area (Å²) >= 11 is 0. The zero-order valence-corrected chi connectivity index (χ0v) is 21.0. The number of rotatable bonds is 7. The number of aliphatic hydroxyl groups excluding tert-OH is 1. The highest BCUT2D eigenvalue weighted by Gasteiger charge is 2.29. The smallest absolute Gasteiger partial charge is 0.256 e. The van der Waals surface area contributed by atoms with Gasteiger partial charge in [0, 0.05) is 54.8 Å². The van der Waals surface area contributed by atoms with Crippen molar-refractivity contribution in [1.29, 1.82) is 0 Å². The van der Waals surface area contributed by atoms with Crippen LogP contribution in [0.4, 0.5) is 11.6 Å². The fourth-order valence-corrected chi connectivity index (χ4v) is 4.90. The quantitative estimate of drug-likeness (QED) is 0.350. The molecule has 0 saturated carbocycles. The van der Waals surface area contributed by atoms with E-state index in [0.29, 0.717) is 29.4 Å². The molecule has 1 fully saturated rings. The van der Waals surface area contributed by atoms with E-state index in [-0.39, 0.29) is 11.8 Å². The highest BCUT2D eigenvalue weighted by Crippen LogP contribution is 2.34. The van der Waals surface area contributed by atoms with Gasteiger partial charge in [-0.25, -0.2) is 15.0 Å². The van der Waals surface area contributed by atoms with E-state index in [9.17, 15) is 9.90 Å². The number of likely N-dealkylation sites (tertiary alicyclic amines) is 1. The summed E-state index contributed by atoms with van der Waals surface area (Å²) in [5.41, 5.74) is 9.10. The van der Waals surface area contributed by atoms with Crippen LogP contribution in [0.25, 0.3) is 16.8 Å². The highest BCUT2D eigenvalue weighted by molar-refractivity contribution is 6.04. The lowest BCUT2D eigenvalue weighted by Gasteiger charge is -2.35. The lowest BCUT2D eigenvalue weighted by atomic mass is 9.96. The van der Waals surface area contributed by atoms with Crippen LogP contribution in [0.5, 0.6) is 5.75 Å². The number of ether oxygens (including phenoxy) is 1. The number of imidazole rings is 1. The van der Waals surface area contributed by atoms with Gasteiger partial charge in [-0.1, -0.05) is 19.1 Å². The van der Waals surface area contributed by atoms with Crippen molar-refractivity contribution in [3.63, 3.8) is 0 Å². The van der Waals surface area contributed by atoms with Gasteiger partial charge in [0.25, 0.3) is 5.91 Å². The number of carbonyl (C=O) groups is 1. The molecule has 1 amide bonds. The molecule has 1 unspecified atom stereocenters. The van der Waals surface area contributed by atoms with Crippen molar-refractivity contribution in [2.75, 3.05) is 31.2 Å². The van der Waals surface area contributed by atoms with E-state index in [1.165, 1.54) is 0 Å². The van der Waals surface area contributed by atoms with E-state index >= 15 is 0 Å². The van der Waals surface area contributed by atoms with E-state index in [2.05, 4.69) is 20.2 Å². The van der Waals surface area contributed by atoms with Crippen LogP contribution in [-0.4, -0.2) is 61.7 Å². The second-order valence-corrected chi connectivity index (χ2v) is 9.19. The molecule has 2 atom stereocenters. The maximum atomic E-state index is 12.8. The molecule has 1 saturated heterocycles. The van der Waals surface area contributed by atoms with E-state index in [4.69, 9.17) is 15.5 Å². The van der Waals surface area contributed by atoms with Crippen LogP contribution in [0.1, 0.15) is 48.3 Å². The molecule has 192 valence electrons. The normalized spacial score (nSPS) is 17.0. The lowest BCUT2D eigenvalue weighted by molar-refractivity contribution is -0.0157. The van der Waals surface area contributed by atoms with Gasteiger partial charge in [0.15, 0.2) is 0 Å². The Morgan fingerprint density at radius 2 is 2.05 bits per heavy atom. The molecule has 10 nitrogen and oxygen atoms in total. The van der Waals surface area contributed by atoms with E-state index in [0.717, 1.165) is 48.5 Å². The van der Waals surface area contributed by atoms with Crippen molar-refractivity contribution in [1.82, 2.24) is 24.3 Å². The SMILES string of the molecule is CCC(O)N1CCC[C@@H](c2nc(-c3ccc(C(=O)Nc4cc(OC)ccn4)cc3)c3c(N)nccn23)C1. The monoisotopic (exact) mass is 501 g/mol. The summed E-state index contributed by atoms with van der Waals surface area (Å²) in [6.07, 6.45) is 7.33. The van der Waals surface area contributed by atoms with Gasteiger partial charge in [0.05, 0.1) is 7.11 Å². The van der Waals surface area contributed by atoms with Crippen LogP contribution in [-0.2, 0) is 0 Å². The van der Waals surface area contributed by atoms with Crippen molar-refractivity contribution in [2.45, 2.75) is 38.3 Å². The Bertz CT molecular complexity index is 1400. The maximum absolute atomic E-state index is 12.8.